The molecule has 23 heavy (non-hydrogen) atoms. The molecule has 2 aromatic rings. The number of para-hydroxylation sites is 1. The van der Waals surface area contributed by atoms with Crippen LogP contribution in [0.2, 0.25) is 0 Å². The van der Waals surface area contributed by atoms with Crippen LogP contribution in [0, 0.1) is 0 Å². The highest BCUT2D eigenvalue weighted by Crippen LogP contribution is 2.41. The van der Waals surface area contributed by atoms with Crippen LogP contribution >= 0.6 is 0 Å². The van der Waals surface area contributed by atoms with Crippen molar-refractivity contribution in [3.63, 3.8) is 0 Å². The summed E-state index contributed by atoms with van der Waals surface area (Å²) in [5, 5.41) is 20.8. The maximum absolute atomic E-state index is 11.3. The molecule has 0 bridgehead atoms. The summed E-state index contributed by atoms with van der Waals surface area (Å²) in [5.74, 6) is 1.64. The lowest BCUT2D eigenvalue weighted by atomic mass is 9.83. The predicted molar refractivity (Wildman–Crippen MR) is 87.2 cm³/mol. The fraction of sp³-hybridized carbons (Fsp3) is 0.333. The van der Waals surface area contributed by atoms with Crippen molar-refractivity contribution >= 4 is 0 Å². The van der Waals surface area contributed by atoms with Crippen LogP contribution in [-0.4, -0.2) is 38.1 Å². The Balaban J connectivity index is 2.61. The lowest BCUT2D eigenvalue weighted by Gasteiger charge is -2.30. The number of methoxy groups -OCH3 is 3. The van der Waals surface area contributed by atoms with Gasteiger partial charge in [-0.3, -0.25) is 0 Å². The minimum absolute atomic E-state index is 0.128. The maximum atomic E-state index is 11.3. The van der Waals surface area contributed by atoms with Crippen LogP contribution in [0.1, 0.15) is 17.5 Å². The Labute approximate surface area is 136 Å². The van der Waals surface area contributed by atoms with Gasteiger partial charge >= 0.3 is 0 Å². The first-order valence-corrected chi connectivity index (χ1v) is 7.30. The van der Waals surface area contributed by atoms with E-state index in [0.29, 0.717) is 28.4 Å². The molecule has 0 aliphatic rings. The van der Waals surface area contributed by atoms with E-state index in [1.54, 1.807) is 44.6 Å². The molecule has 1 atom stereocenters. The number of hydrogen-bond donors (Lipinski definition) is 2. The smallest absolute Gasteiger partial charge is 0.161 e. The van der Waals surface area contributed by atoms with Gasteiger partial charge in [0.25, 0.3) is 0 Å². The van der Waals surface area contributed by atoms with Crippen molar-refractivity contribution in [2.45, 2.75) is 12.0 Å². The zero-order valence-corrected chi connectivity index (χ0v) is 13.6. The summed E-state index contributed by atoms with van der Waals surface area (Å²) in [7, 11) is 4.64. The summed E-state index contributed by atoms with van der Waals surface area (Å²) in [6.07, 6.45) is 0.128. The number of aliphatic hydroxyl groups excluding tert-OH is 1. The van der Waals surface area contributed by atoms with E-state index in [4.69, 9.17) is 14.2 Å². The molecular weight excluding hydrogens is 296 g/mol. The van der Waals surface area contributed by atoms with E-state index in [2.05, 4.69) is 0 Å². The van der Waals surface area contributed by atoms with E-state index in [9.17, 15) is 10.2 Å². The first-order valence-electron chi connectivity index (χ1n) is 7.30. The van der Waals surface area contributed by atoms with Gasteiger partial charge in [-0.2, -0.15) is 0 Å². The topological polar surface area (TPSA) is 68.2 Å². The van der Waals surface area contributed by atoms with E-state index in [-0.39, 0.29) is 13.0 Å². The second-order valence-electron chi connectivity index (χ2n) is 5.10. The summed E-state index contributed by atoms with van der Waals surface area (Å²) >= 11 is 0. The van der Waals surface area contributed by atoms with Gasteiger partial charge in [0, 0.05) is 18.6 Å². The molecule has 0 radical (unpaired) electrons. The Kier molecular flexibility index (Phi) is 5.47. The zero-order chi connectivity index (χ0) is 16.9. The highest BCUT2D eigenvalue weighted by atomic mass is 16.5. The van der Waals surface area contributed by atoms with E-state index in [0.717, 1.165) is 0 Å². The van der Waals surface area contributed by atoms with Crippen LogP contribution in [0.25, 0.3) is 0 Å². The van der Waals surface area contributed by atoms with E-state index in [1.165, 1.54) is 7.11 Å². The third-order valence-electron chi connectivity index (χ3n) is 3.89. The van der Waals surface area contributed by atoms with Crippen molar-refractivity contribution in [1.82, 2.24) is 0 Å². The number of hydrogen-bond acceptors (Lipinski definition) is 5. The lowest BCUT2D eigenvalue weighted by molar-refractivity contribution is 0.0484. The van der Waals surface area contributed by atoms with Crippen LogP contribution in [0.3, 0.4) is 0 Å². The molecule has 0 heterocycles. The quantitative estimate of drug-likeness (QED) is 0.820. The molecule has 0 fully saturated rings. The van der Waals surface area contributed by atoms with Gasteiger partial charge in [-0.15, -0.1) is 0 Å². The number of rotatable bonds is 7. The third kappa shape index (κ3) is 3.25. The second kappa shape index (κ2) is 7.35. The molecule has 0 aliphatic carbocycles. The monoisotopic (exact) mass is 318 g/mol. The van der Waals surface area contributed by atoms with Gasteiger partial charge in [0.05, 0.1) is 21.3 Å². The highest BCUT2D eigenvalue weighted by molar-refractivity contribution is 5.50. The molecule has 124 valence electrons. The Bertz CT molecular complexity index is 656. The average molecular weight is 318 g/mol. The first kappa shape index (κ1) is 17.1. The summed E-state index contributed by atoms with van der Waals surface area (Å²) in [5.41, 5.74) is -0.224. The van der Waals surface area contributed by atoms with Gasteiger partial charge in [-0.1, -0.05) is 24.3 Å². The van der Waals surface area contributed by atoms with Crippen molar-refractivity contribution in [2.24, 2.45) is 0 Å². The normalized spacial score (nSPS) is 13.3. The minimum Gasteiger partial charge on any atom is -0.496 e. The Morgan fingerprint density at radius 1 is 0.870 bits per heavy atom. The predicted octanol–water partition coefficient (Wildman–Crippen LogP) is 2.33. The van der Waals surface area contributed by atoms with Gasteiger partial charge in [-0.25, -0.2) is 0 Å². The molecule has 2 aromatic carbocycles. The molecular formula is C18H22O5. The third-order valence-corrected chi connectivity index (χ3v) is 3.89. The maximum Gasteiger partial charge on any atom is 0.161 e. The molecule has 0 saturated carbocycles. The number of benzene rings is 2. The summed E-state index contributed by atoms with van der Waals surface area (Å²) < 4.78 is 15.9. The molecule has 0 amide bonds. The molecule has 0 aromatic heterocycles. The van der Waals surface area contributed by atoms with Crippen molar-refractivity contribution in [3.8, 4) is 17.2 Å². The average Bonchev–Trinajstić information content (AvgIpc) is 2.61. The van der Waals surface area contributed by atoms with Crippen LogP contribution in [0.4, 0.5) is 0 Å². The minimum atomic E-state index is -1.40. The SMILES string of the molecule is COc1ccc(C(O)(CCO)c2ccccc2OC)cc1OC. The molecule has 5 heteroatoms. The van der Waals surface area contributed by atoms with Gasteiger partial charge in [-0.05, 0) is 23.8 Å². The van der Waals surface area contributed by atoms with E-state index < -0.39 is 5.60 Å². The molecule has 0 spiro atoms. The summed E-state index contributed by atoms with van der Waals surface area (Å²) in [6, 6.07) is 12.4. The van der Waals surface area contributed by atoms with E-state index >= 15 is 0 Å². The first-order chi connectivity index (χ1) is 11.1. The van der Waals surface area contributed by atoms with Crippen molar-refractivity contribution < 1.29 is 24.4 Å². The molecule has 2 N–H and O–H groups in total. The van der Waals surface area contributed by atoms with Crippen molar-refractivity contribution in [1.29, 1.82) is 0 Å². The van der Waals surface area contributed by atoms with Gasteiger partial charge in [0.15, 0.2) is 11.5 Å². The van der Waals surface area contributed by atoms with Gasteiger partial charge in [0.2, 0.25) is 0 Å². The van der Waals surface area contributed by atoms with E-state index in [1.807, 2.05) is 12.1 Å². The largest absolute Gasteiger partial charge is 0.496 e. The van der Waals surface area contributed by atoms with Crippen LogP contribution in [0.5, 0.6) is 17.2 Å². The molecule has 5 nitrogen and oxygen atoms in total. The summed E-state index contributed by atoms with van der Waals surface area (Å²) in [4.78, 5) is 0. The molecule has 0 aliphatic heterocycles. The highest BCUT2D eigenvalue weighted by Gasteiger charge is 2.34. The lowest BCUT2D eigenvalue weighted by Crippen LogP contribution is -2.29. The number of ether oxygens (including phenoxy) is 3. The standard InChI is InChI=1S/C18H22O5/c1-21-15-7-5-4-6-14(15)18(20,10-11-19)13-8-9-16(22-2)17(12-13)23-3/h4-9,12,19-20H,10-11H2,1-3H3. The summed E-state index contributed by atoms with van der Waals surface area (Å²) in [6.45, 7) is -0.178. The Hall–Kier alpha value is -2.24. The molecule has 0 saturated heterocycles. The number of aliphatic hydroxyl groups is 2. The Morgan fingerprint density at radius 2 is 1.52 bits per heavy atom. The van der Waals surface area contributed by atoms with Crippen LogP contribution in [0.15, 0.2) is 42.5 Å². The Morgan fingerprint density at radius 3 is 2.13 bits per heavy atom. The van der Waals surface area contributed by atoms with Crippen molar-refractivity contribution in [2.75, 3.05) is 27.9 Å². The fourth-order valence-electron chi connectivity index (χ4n) is 2.68. The second-order valence-corrected chi connectivity index (χ2v) is 5.10. The van der Waals surface area contributed by atoms with Gasteiger partial charge < -0.3 is 24.4 Å². The molecule has 2 rings (SSSR count). The van der Waals surface area contributed by atoms with Crippen LogP contribution in [-0.2, 0) is 5.60 Å². The fourth-order valence-corrected chi connectivity index (χ4v) is 2.68. The van der Waals surface area contributed by atoms with Gasteiger partial charge in [0.1, 0.15) is 11.4 Å². The zero-order valence-electron chi connectivity index (χ0n) is 13.6. The van der Waals surface area contributed by atoms with Crippen LogP contribution < -0.4 is 14.2 Å². The van der Waals surface area contributed by atoms with Crippen molar-refractivity contribution in [3.05, 3.63) is 53.6 Å². The molecule has 1 unspecified atom stereocenters.